The normalized spacial score (nSPS) is 22.1. The van der Waals surface area contributed by atoms with E-state index in [2.05, 4.69) is 21.3 Å². The average Bonchev–Trinajstić information content (AvgIpc) is 3.16. The van der Waals surface area contributed by atoms with Gasteiger partial charge in [-0.3, -0.25) is 14.4 Å². The monoisotopic (exact) mass is 760 g/mol. The maximum Gasteiger partial charge on any atom is 0.407 e. The van der Waals surface area contributed by atoms with Crippen molar-refractivity contribution in [2.24, 2.45) is 23.7 Å². The molecule has 2 aromatic rings. The second-order valence-electron chi connectivity index (χ2n) is 16.3. The molecular weight excluding hydrogens is 697 g/mol. The van der Waals surface area contributed by atoms with Gasteiger partial charge in [-0.15, -0.1) is 0 Å². The lowest BCUT2D eigenvalue weighted by atomic mass is 9.74. The zero-order valence-corrected chi connectivity index (χ0v) is 33.7. The van der Waals surface area contributed by atoms with Gasteiger partial charge in [0.2, 0.25) is 17.7 Å². The van der Waals surface area contributed by atoms with Gasteiger partial charge in [0.15, 0.2) is 0 Å². The second kappa shape index (κ2) is 21.0. The van der Waals surface area contributed by atoms with Gasteiger partial charge >= 0.3 is 12.1 Å². The zero-order valence-electron chi connectivity index (χ0n) is 33.7. The minimum absolute atomic E-state index is 0.103. The third kappa shape index (κ3) is 13.1. The highest BCUT2D eigenvalue weighted by Crippen LogP contribution is 2.34. The van der Waals surface area contributed by atoms with Crippen LogP contribution in [0, 0.1) is 23.7 Å². The predicted molar refractivity (Wildman–Crippen MR) is 213 cm³/mol. The van der Waals surface area contributed by atoms with Gasteiger partial charge in [-0.1, -0.05) is 100 Å². The Hall–Kier alpha value is -4.41. The molecule has 8 atom stereocenters. The van der Waals surface area contributed by atoms with Gasteiger partial charge in [-0.05, 0) is 82.3 Å². The van der Waals surface area contributed by atoms with Crippen molar-refractivity contribution in [3.8, 4) is 0 Å². The summed E-state index contributed by atoms with van der Waals surface area (Å²) in [5.74, 6) is -2.36. The number of carbonyl (C=O) groups excluding carboxylic acids is 5. The quantitative estimate of drug-likeness (QED) is 0.144. The van der Waals surface area contributed by atoms with E-state index in [1.165, 1.54) is 7.11 Å². The van der Waals surface area contributed by atoms with E-state index < -0.39 is 41.6 Å². The van der Waals surface area contributed by atoms with E-state index in [1.807, 2.05) is 95.3 Å². The van der Waals surface area contributed by atoms with Crippen LogP contribution in [0.15, 0.2) is 60.7 Å². The summed E-state index contributed by atoms with van der Waals surface area (Å²) in [5, 5.41) is 12.5. The van der Waals surface area contributed by atoms with Crippen LogP contribution in [-0.2, 0) is 41.5 Å². The van der Waals surface area contributed by atoms with Crippen molar-refractivity contribution in [1.29, 1.82) is 0 Å². The molecule has 11 heteroatoms. The summed E-state index contributed by atoms with van der Waals surface area (Å²) in [5.41, 5.74) is 1.18. The number of carbonyl (C=O) groups is 5. The SMILES string of the molecule is CC[C@@H](C(=O)N[C@H](Cc1ccccc1)C(=O)N[C@@H]1CCCC[C@@H]1[C@@H](CC)C(=O)N[C@H](Cc1ccccc1)C(=O)OC)[C@H]1CCCC[C@H]1NC(=O)OC(C)(C)C. The van der Waals surface area contributed by atoms with Crippen molar-refractivity contribution in [3.05, 3.63) is 71.8 Å². The van der Waals surface area contributed by atoms with Crippen LogP contribution < -0.4 is 21.3 Å². The summed E-state index contributed by atoms with van der Waals surface area (Å²) >= 11 is 0. The van der Waals surface area contributed by atoms with Crippen LogP contribution in [0.2, 0.25) is 0 Å². The van der Waals surface area contributed by atoms with Gasteiger partial charge < -0.3 is 30.7 Å². The highest BCUT2D eigenvalue weighted by molar-refractivity contribution is 5.89. The Morgan fingerprint density at radius 1 is 0.636 bits per heavy atom. The molecule has 0 heterocycles. The molecule has 4 rings (SSSR count). The Morgan fingerprint density at radius 3 is 1.53 bits per heavy atom. The lowest BCUT2D eigenvalue weighted by molar-refractivity contribution is -0.146. The van der Waals surface area contributed by atoms with Crippen LogP contribution in [0.1, 0.15) is 110 Å². The first kappa shape index (κ1) is 43.3. The number of hydrogen-bond donors (Lipinski definition) is 4. The molecule has 4 N–H and O–H groups in total. The lowest BCUT2D eigenvalue weighted by Crippen LogP contribution is -2.57. The molecule has 0 bridgehead atoms. The van der Waals surface area contributed by atoms with E-state index in [0.29, 0.717) is 32.1 Å². The fraction of sp³-hybridized carbons (Fsp3) is 0.614. The van der Waals surface area contributed by atoms with Crippen molar-refractivity contribution >= 4 is 29.8 Å². The van der Waals surface area contributed by atoms with E-state index in [-0.39, 0.29) is 41.6 Å². The Bertz CT molecular complexity index is 1550. The first-order chi connectivity index (χ1) is 26.3. The number of nitrogens with one attached hydrogen (secondary N) is 4. The molecule has 0 radical (unpaired) electrons. The third-order valence-corrected chi connectivity index (χ3v) is 11.3. The van der Waals surface area contributed by atoms with Crippen LogP contribution in [0.5, 0.6) is 0 Å². The van der Waals surface area contributed by atoms with Gasteiger partial charge in [-0.25, -0.2) is 9.59 Å². The average molecular weight is 761 g/mol. The summed E-state index contributed by atoms with van der Waals surface area (Å²) in [6.45, 7) is 9.41. The van der Waals surface area contributed by atoms with Crippen LogP contribution in [0.25, 0.3) is 0 Å². The number of alkyl carbamates (subject to hydrolysis) is 1. The van der Waals surface area contributed by atoms with Gasteiger partial charge in [-0.2, -0.15) is 0 Å². The fourth-order valence-corrected chi connectivity index (χ4v) is 8.55. The standard InChI is InChI=1S/C44H64N4O7/c1-7-31(40(50)47-38(42(52)54-6)28-30-21-13-10-14-22-30)33-23-15-17-25-35(33)45-41(51)37(27-29-19-11-9-12-20-29)46-39(49)32(8-2)34-24-16-18-26-36(34)48-43(53)55-44(3,4)5/h9-14,19-22,31-38H,7-8,15-18,23-28H2,1-6H3,(H,45,51)(H,46,49)(H,47,50)(H,48,53)/t31-,32-,33-,34-,35-,36-,37-,38-/m1/s1. The third-order valence-electron chi connectivity index (χ3n) is 11.3. The fourth-order valence-electron chi connectivity index (χ4n) is 8.55. The van der Waals surface area contributed by atoms with E-state index >= 15 is 0 Å². The zero-order chi connectivity index (χ0) is 40.0. The van der Waals surface area contributed by atoms with E-state index in [0.717, 1.165) is 56.1 Å². The van der Waals surface area contributed by atoms with Gasteiger partial charge in [0.25, 0.3) is 0 Å². The highest BCUT2D eigenvalue weighted by atomic mass is 16.6. The molecule has 4 amide bonds. The Kier molecular flexibility index (Phi) is 16.6. The molecule has 0 aromatic heterocycles. The molecule has 2 aromatic carbocycles. The van der Waals surface area contributed by atoms with E-state index in [1.54, 1.807) is 0 Å². The van der Waals surface area contributed by atoms with E-state index in [4.69, 9.17) is 9.47 Å². The molecule has 55 heavy (non-hydrogen) atoms. The largest absolute Gasteiger partial charge is 0.467 e. The van der Waals surface area contributed by atoms with Crippen LogP contribution >= 0.6 is 0 Å². The molecular formula is C44H64N4O7. The van der Waals surface area contributed by atoms with Crippen molar-refractivity contribution in [3.63, 3.8) is 0 Å². The van der Waals surface area contributed by atoms with Gasteiger partial charge in [0, 0.05) is 36.8 Å². The Morgan fingerprint density at radius 2 is 1.07 bits per heavy atom. The molecule has 0 unspecified atom stereocenters. The first-order valence-electron chi connectivity index (χ1n) is 20.4. The van der Waals surface area contributed by atoms with Crippen molar-refractivity contribution < 1.29 is 33.4 Å². The van der Waals surface area contributed by atoms with E-state index in [9.17, 15) is 24.0 Å². The van der Waals surface area contributed by atoms with Gasteiger partial charge in [0.1, 0.15) is 17.7 Å². The molecule has 302 valence electrons. The molecule has 0 saturated heterocycles. The Labute approximate surface area is 327 Å². The topological polar surface area (TPSA) is 152 Å². The van der Waals surface area contributed by atoms with Crippen molar-refractivity contribution in [2.45, 2.75) is 141 Å². The molecule has 0 spiro atoms. The van der Waals surface area contributed by atoms with Crippen LogP contribution in [-0.4, -0.2) is 66.7 Å². The lowest BCUT2D eigenvalue weighted by Gasteiger charge is -2.38. The number of benzene rings is 2. The number of methoxy groups -OCH3 is 1. The minimum atomic E-state index is -0.851. The summed E-state index contributed by atoms with van der Waals surface area (Å²) < 4.78 is 10.6. The highest BCUT2D eigenvalue weighted by Gasteiger charge is 2.40. The summed E-state index contributed by atoms with van der Waals surface area (Å²) in [4.78, 5) is 68.1. The number of esters is 1. The van der Waals surface area contributed by atoms with Crippen LogP contribution in [0.3, 0.4) is 0 Å². The Balaban J connectivity index is 1.51. The molecule has 0 aliphatic heterocycles. The van der Waals surface area contributed by atoms with Crippen molar-refractivity contribution in [1.82, 2.24) is 21.3 Å². The maximum atomic E-state index is 14.4. The maximum absolute atomic E-state index is 14.4. The molecule has 2 aliphatic carbocycles. The number of hydrogen-bond acceptors (Lipinski definition) is 7. The number of rotatable bonds is 16. The smallest absolute Gasteiger partial charge is 0.407 e. The molecule has 2 aliphatic rings. The van der Waals surface area contributed by atoms with Crippen LogP contribution in [0.4, 0.5) is 4.79 Å². The molecule has 2 fully saturated rings. The predicted octanol–water partition coefficient (Wildman–Crippen LogP) is 6.43. The first-order valence-corrected chi connectivity index (χ1v) is 20.4. The summed E-state index contributed by atoms with van der Waals surface area (Å²) in [6.07, 6.45) is 7.92. The molecule has 11 nitrogen and oxygen atoms in total. The second-order valence-corrected chi connectivity index (χ2v) is 16.3. The number of amides is 4. The number of ether oxygens (including phenoxy) is 2. The van der Waals surface area contributed by atoms with Gasteiger partial charge in [0.05, 0.1) is 7.11 Å². The molecule has 2 saturated carbocycles. The summed E-state index contributed by atoms with van der Waals surface area (Å²) in [6, 6.07) is 16.9. The summed E-state index contributed by atoms with van der Waals surface area (Å²) in [7, 11) is 1.32. The van der Waals surface area contributed by atoms with Crippen molar-refractivity contribution in [2.75, 3.05) is 7.11 Å². The minimum Gasteiger partial charge on any atom is -0.467 e.